The molecule has 0 fully saturated rings. The van der Waals surface area contributed by atoms with Gasteiger partial charge in [-0.2, -0.15) is 0 Å². The van der Waals surface area contributed by atoms with Crippen molar-refractivity contribution in [1.29, 1.82) is 0 Å². The Balaban J connectivity index is 1.71. The number of nitrogens with zero attached hydrogens (tertiary/aromatic N) is 3. The first-order valence-electron chi connectivity index (χ1n) is 10.4. The molecule has 0 aliphatic heterocycles. The Labute approximate surface area is 195 Å². The van der Waals surface area contributed by atoms with Crippen molar-refractivity contribution in [1.82, 2.24) is 14.5 Å². The third kappa shape index (κ3) is 5.10. The van der Waals surface area contributed by atoms with Crippen molar-refractivity contribution < 1.29 is 4.39 Å². The van der Waals surface area contributed by atoms with Crippen LogP contribution in [0.2, 0.25) is 5.02 Å². The predicted molar refractivity (Wildman–Crippen MR) is 130 cm³/mol. The third-order valence-corrected chi connectivity index (χ3v) is 5.61. The average Bonchev–Trinajstić information content (AvgIpc) is 2.83. The molecule has 0 radical (unpaired) electrons. The lowest BCUT2D eigenvalue weighted by Gasteiger charge is -2.18. The molecular formula is C25H23ClFN5O. The third-order valence-electron chi connectivity index (χ3n) is 5.32. The first-order chi connectivity index (χ1) is 15.9. The maximum absolute atomic E-state index is 13.8. The van der Waals surface area contributed by atoms with Gasteiger partial charge in [-0.15, -0.1) is 0 Å². The Bertz CT molecular complexity index is 1310. The second-order valence-electron chi connectivity index (χ2n) is 7.72. The molecule has 0 unspecified atom stereocenters. The van der Waals surface area contributed by atoms with E-state index in [0.29, 0.717) is 41.3 Å². The Hall–Kier alpha value is -3.55. The molecule has 33 heavy (non-hydrogen) atoms. The number of anilines is 1. The van der Waals surface area contributed by atoms with E-state index in [1.165, 1.54) is 22.8 Å². The van der Waals surface area contributed by atoms with Gasteiger partial charge in [-0.3, -0.25) is 14.3 Å². The highest BCUT2D eigenvalue weighted by Gasteiger charge is 2.19. The highest BCUT2D eigenvalue weighted by molar-refractivity contribution is 6.31. The van der Waals surface area contributed by atoms with E-state index in [1.54, 1.807) is 31.6 Å². The number of halogens is 2. The van der Waals surface area contributed by atoms with Crippen LogP contribution in [0.3, 0.4) is 0 Å². The molecule has 0 amide bonds. The number of pyridine rings is 1. The lowest BCUT2D eigenvalue weighted by atomic mass is 10.0. The zero-order valence-electron chi connectivity index (χ0n) is 18.0. The number of hydrogen-bond acceptors (Lipinski definition) is 5. The van der Waals surface area contributed by atoms with Gasteiger partial charge < -0.3 is 11.1 Å². The number of benzene rings is 2. The molecule has 6 nitrogen and oxygen atoms in total. The standard InChI is InChI=1S/C25H23ClFN5O/c1-32-24(33)22(18-7-8-21(27)20(26)14-18)23(17-9-11-29-12-10-17)31-25(32)30-15-19(28)13-16-5-3-2-4-6-16/h2-12,14,19H,13,15,28H2,1H3,(H,30,31)/t19-/m0/s1. The van der Waals surface area contributed by atoms with Crippen LogP contribution in [0.1, 0.15) is 5.56 Å². The molecule has 8 heteroatoms. The second-order valence-corrected chi connectivity index (χ2v) is 8.13. The molecule has 4 aromatic rings. The van der Waals surface area contributed by atoms with Crippen molar-refractivity contribution in [2.75, 3.05) is 11.9 Å². The van der Waals surface area contributed by atoms with E-state index >= 15 is 0 Å². The number of aromatic nitrogens is 3. The summed E-state index contributed by atoms with van der Waals surface area (Å²) in [6.45, 7) is 0.423. The molecule has 2 aromatic carbocycles. The summed E-state index contributed by atoms with van der Waals surface area (Å²) in [5.74, 6) is -0.173. The van der Waals surface area contributed by atoms with Crippen LogP contribution in [0.5, 0.6) is 0 Å². The van der Waals surface area contributed by atoms with Gasteiger partial charge in [0.15, 0.2) is 0 Å². The normalized spacial score (nSPS) is 11.9. The minimum atomic E-state index is -0.554. The van der Waals surface area contributed by atoms with Crippen molar-refractivity contribution in [3.63, 3.8) is 0 Å². The Morgan fingerprint density at radius 2 is 1.82 bits per heavy atom. The van der Waals surface area contributed by atoms with E-state index in [1.807, 2.05) is 30.3 Å². The van der Waals surface area contributed by atoms with Crippen molar-refractivity contribution in [2.45, 2.75) is 12.5 Å². The SMILES string of the molecule is Cn1c(NC[C@@H](N)Cc2ccccc2)nc(-c2ccncc2)c(-c2ccc(F)c(Cl)c2)c1=O. The van der Waals surface area contributed by atoms with Gasteiger partial charge in [0.25, 0.3) is 5.56 Å². The van der Waals surface area contributed by atoms with Gasteiger partial charge in [0, 0.05) is 37.6 Å². The lowest BCUT2D eigenvalue weighted by molar-refractivity contribution is 0.628. The van der Waals surface area contributed by atoms with Crippen LogP contribution >= 0.6 is 11.6 Å². The molecule has 0 saturated heterocycles. The molecule has 0 bridgehead atoms. The summed E-state index contributed by atoms with van der Waals surface area (Å²) in [4.78, 5) is 22.2. The molecule has 4 rings (SSSR count). The van der Waals surface area contributed by atoms with Gasteiger partial charge in [0.2, 0.25) is 5.95 Å². The fourth-order valence-electron chi connectivity index (χ4n) is 3.60. The van der Waals surface area contributed by atoms with Crippen LogP contribution < -0.4 is 16.6 Å². The lowest BCUT2D eigenvalue weighted by Crippen LogP contribution is -2.34. The number of nitrogens with one attached hydrogen (secondary N) is 1. The summed E-state index contributed by atoms with van der Waals surface area (Å²) in [7, 11) is 1.63. The van der Waals surface area contributed by atoms with Gasteiger partial charge in [0.1, 0.15) is 5.82 Å². The Morgan fingerprint density at radius 1 is 1.09 bits per heavy atom. The average molecular weight is 464 g/mol. The van der Waals surface area contributed by atoms with Crippen molar-refractivity contribution in [3.8, 4) is 22.4 Å². The summed E-state index contributed by atoms with van der Waals surface area (Å²) in [5.41, 5.74) is 9.10. The van der Waals surface area contributed by atoms with Gasteiger partial charge in [-0.05, 0) is 41.8 Å². The topological polar surface area (TPSA) is 85.8 Å². The van der Waals surface area contributed by atoms with Crippen LogP contribution in [-0.4, -0.2) is 27.1 Å². The minimum absolute atomic E-state index is 0.0654. The smallest absolute Gasteiger partial charge is 0.263 e. The molecule has 3 N–H and O–H groups in total. The maximum atomic E-state index is 13.8. The van der Waals surface area contributed by atoms with Gasteiger partial charge in [0.05, 0.1) is 16.3 Å². The highest BCUT2D eigenvalue weighted by Crippen LogP contribution is 2.30. The number of hydrogen-bond donors (Lipinski definition) is 2. The van der Waals surface area contributed by atoms with Gasteiger partial charge in [-0.25, -0.2) is 9.37 Å². The molecule has 168 valence electrons. The monoisotopic (exact) mass is 463 g/mol. The molecule has 1 atom stereocenters. The fraction of sp³-hybridized carbons (Fsp3) is 0.160. The number of nitrogens with two attached hydrogens (primary N) is 1. The van der Waals surface area contributed by atoms with Crippen LogP contribution in [-0.2, 0) is 13.5 Å². The van der Waals surface area contributed by atoms with Crippen molar-refractivity contribution in [3.05, 3.63) is 99.8 Å². The highest BCUT2D eigenvalue weighted by atomic mass is 35.5. The first-order valence-corrected chi connectivity index (χ1v) is 10.8. The zero-order valence-corrected chi connectivity index (χ0v) is 18.8. The Morgan fingerprint density at radius 3 is 2.52 bits per heavy atom. The summed E-state index contributed by atoms with van der Waals surface area (Å²) in [5, 5.41) is 3.14. The molecular weight excluding hydrogens is 441 g/mol. The summed E-state index contributed by atoms with van der Waals surface area (Å²) >= 11 is 6.00. The van der Waals surface area contributed by atoms with Crippen molar-refractivity contribution >= 4 is 17.5 Å². The van der Waals surface area contributed by atoms with Crippen molar-refractivity contribution in [2.24, 2.45) is 12.8 Å². The van der Waals surface area contributed by atoms with Gasteiger partial charge in [-0.1, -0.05) is 48.0 Å². The van der Waals surface area contributed by atoms with E-state index in [4.69, 9.17) is 22.3 Å². The summed E-state index contributed by atoms with van der Waals surface area (Å²) in [6.07, 6.45) is 3.93. The number of rotatable bonds is 7. The largest absolute Gasteiger partial charge is 0.354 e. The van der Waals surface area contributed by atoms with E-state index in [0.717, 1.165) is 5.56 Å². The fourth-order valence-corrected chi connectivity index (χ4v) is 3.78. The van der Waals surface area contributed by atoms with Crippen LogP contribution in [0.25, 0.3) is 22.4 Å². The second kappa shape index (κ2) is 9.94. The summed E-state index contributed by atoms with van der Waals surface area (Å²) in [6, 6.07) is 17.5. The predicted octanol–water partition coefficient (Wildman–Crippen LogP) is 4.28. The Kier molecular flexibility index (Phi) is 6.82. The molecule has 0 aliphatic rings. The molecule has 0 spiro atoms. The quantitative estimate of drug-likeness (QED) is 0.427. The molecule has 0 saturated carbocycles. The molecule has 0 aliphatic carbocycles. The van der Waals surface area contributed by atoms with Crippen LogP contribution in [0.15, 0.2) is 77.9 Å². The zero-order chi connectivity index (χ0) is 23.4. The van der Waals surface area contributed by atoms with Crippen LogP contribution in [0.4, 0.5) is 10.3 Å². The van der Waals surface area contributed by atoms with E-state index in [-0.39, 0.29) is 16.6 Å². The van der Waals surface area contributed by atoms with E-state index < -0.39 is 5.82 Å². The minimum Gasteiger partial charge on any atom is -0.354 e. The summed E-state index contributed by atoms with van der Waals surface area (Å²) < 4.78 is 15.2. The van der Waals surface area contributed by atoms with Crippen LogP contribution in [0, 0.1) is 5.82 Å². The van der Waals surface area contributed by atoms with E-state index in [9.17, 15) is 9.18 Å². The molecule has 2 aromatic heterocycles. The maximum Gasteiger partial charge on any atom is 0.263 e. The van der Waals surface area contributed by atoms with Gasteiger partial charge >= 0.3 is 0 Å². The van der Waals surface area contributed by atoms with E-state index in [2.05, 4.69) is 10.3 Å². The first kappa shape index (κ1) is 22.6. The molecule has 2 heterocycles.